The lowest BCUT2D eigenvalue weighted by molar-refractivity contribution is 0.655. The summed E-state index contributed by atoms with van der Waals surface area (Å²) in [4.78, 5) is 11.4. The minimum Gasteiger partial charge on any atom is -0.454 e. The number of rotatable bonds is 6. The highest BCUT2D eigenvalue weighted by Gasteiger charge is 2.18. The molecule has 4 aromatic heterocycles. The molecule has 5 heteroatoms. The van der Waals surface area contributed by atoms with E-state index in [0.717, 1.165) is 77.7 Å². The van der Waals surface area contributed by atoms with Gasteiger partial charge in [-0.2, -0.15) is 0 Å². The third-order valence-corrected chi connectivity index (χ3v) is 10.6. The summed E-state index contributed by atoms with van der Waals surface area (Å²) >= 11 is 0. The molecule has 0 saturated heterocycles. The molecule has 11 aromatic rings. The maximum atomic E-state index is 6.33. The summed E-state index contributed by atoms with van der Waals surface area (Å²) in [5.41, 5.74) is 13.7. The fourth-order valence-corrected chi connectivity index (χ4v) is 7.91. The highest BCUT2D eigenvalue weighted by molar-refractivity contribution is 6.09. The number of aromatic nitrogens is 2. The summed E-state index contributed by atoms with van der Waals surface area (Å²) in [7, 11) is 0. The third-order valence-electron chi connectivity index (χ3n) is 10.6. The van der Waals surface area contributed by atoms with Crippen molar-refractivity contribution >= 4 is 72.0 Å². The lowest BCUT2D eigenvalue weighted by atomic mass is 10.00. The number of furan rings is 2. The Balaban J connectivity index is 0.996. The van der Waals surface area contributed by atoms with Crippen molar-refractivity contribution in [2.45, 2.75) is 0 Å². The molecule has 0 aliphatic heterocycles. The van der Waals surface area contributed by atoms with Crippen LogP contribution < -0.4 is 4.90 Å². The zero-order chi connectivity index (χ0) is 36.3. The molecule has 0 saturated carbocycles. The first-order chi connectivity index (χ1) is 27.2. The van der Waals surface area contributed by atoms with Crippen LogP contribution in [0.1, 0.15) is 0 Å². The maximum absolute atomic E-state index is 6.33. The lowest BCUT2D eigenvalue weighted by Gasteiger charge is -2.26. The smallest absolute Gasteiger partial charge is 0.227 e. The fraction of sp³-hybridized carbons (Fsp3) is 0. The molecule has 0 N–H and O–H groups in total. The summed E-state index contributed by atoms with van der Waals surface area (Å²) in [5, 5.41) is 5.57. The average molecular weight is 706 g/mol. The Morgan fingerprint density at radius 3 is 1.65 bits per heavy atom. The monoisotopic (exact) mass is 705 g/mol. The Labute approximate surface area is 316 Å². The van der Waals surface area contributed by atoms with Crippen molar-refractivity contribution in [1.82, 2.24) is 9.97 Å². The van der Waals surface area contributed by atoms with Crippen LogP contribution in [0.2, 0.25) is 0 Å². The molecule has 5 nitrogen and oxygen atoms in total. The van der Waals surface area contributed by atoms with Gasteiger partial charge in [0.2, 0.25) is 5.71 Å². The minimum atomic E-state index is 0.650. The van der Waals surface area contributed by atoms with E-state index in [1.54, 1.807) is 6.20 Å². The Morgan fingerprint density at radius 2 is 0.945 bits per heavy atom. The number of nitrogens with zero attached hydrogens (tertiary/aromatic N) is 3. The van der Waals surface area contributed by atoms with Crippen molar-refractivity contribution in [3.63, 3.8) is 0 Å². The Morgan fingerprint density at radius 1 is 0.382 bits per heavy atom. The predicted molar refractivity (Wildman–Crippen MR) is 225 cm³/mol. The zero-order valence-electron chi connectivity index (χ0n) is 29.6. The molecule has 258 valence electrons. The van der Waals surface area contributed by atoms with Gasteiger partial charge in [-0.15, -0.1) is 0 Å². The van der Waals surface area contributed by atoms with Crippen LogP contribution in [-0.2, 0) is 0 Å². The molecule has 55 heavy (non-hydrogen) atoms. The second-order valence-corrected chi connectivity index (χ2v) is 13.8. The van der Waals surface area contributed by atoms with Crippen molar-refractivity contribution in [3.8, 4) is 33.4 Å². The average Bonchev–Trinajstić information content (AvgIpc) is 3.83. The normalized spacial score (nSPS) is 11.6. The minimum absolute atomic E-state index is 0.650. The van der Waals surface area contributed by atoms with Gasteiger partial charge in [-0.1, -0.05) is 103 Å². The van der Waals surface area contributed by atoms with Gasteiger partial charge in [0.1, 0.15) is 16.7 Å². The quantitative estimate of drug-likeness (QED) is 0.172. The van der Waals surface area contributed by atoms with Crippen molar-refractivity contribution in [1.29, 1.82) is 0 Å². The molecular formula is C50H31N3O2. The van der Waals surface area contributed by atoms with Gasteiger partial charge in [0.25, 0.3) is 0 Å². The van der Waals surface area contributed by atoms with Gasteiger partial charge in [0, 0.05) is 56.7 Å². The number of hydrogen-bond donors (Lipinski definition) is 0. The van der Waals surface area contributed by atoms with Crippen LogP contribution in [0.25, 0.3) is 88.3 Å². The van der Waals surface area contributed by atoms with Gasteiger partial charge < -0.3 is 13.7 Å². The van der Waals surface area contributed by atoms with Crippen molar-refractivity contribution in [2.24, 2.45) is 0 Å². The number of pyridine rings is 2. The van der Waals surface area contributed by atoms with Gasteiger partial charge in [0.05, 0.1) is 0 Å². The number of hydrogen-bond acceptors (Lipinski definition) is 5. The highest BCUT2D eigenvalue weighted by atomic mass is 16.3. The van der Waals surface area contributed by atoms with E-state index in [0.29, 0.717) is 5.71 Å². The molecule has 0 atom stereocenters. The highest BCUT2D eigenvalue weighted by Crippen LogP contribution is 2.41. The topological polar surface area (TPSA) is 55.3 Å². The molecule has 0 aliphatic rings. The first-order valence-electron chi connectivity index (χ1n) is 18.4. The summed E-state index contributed by atoms with van der Waals surface area (Å²) < 4.78 is 12.6. The SMILES string of the molecule is c1ccc2cc(-c3ccc(N(c4ccc(-c5cccc6c5oc5ncccc56)cc4)c4ccc(-c5cccc6c5oc5cccnc56)cc4)cc3)ccc2c1. The second-order valence-electron chi connectivity index (χ2n) is 13.8. The molecule has 0 spiro atoms. The Kier molecular flexibility index (Phi) is 7.10. The van der Waals surface area contributed by atoms with Crippen LogP contribution in [0.5, 0.6) is 0 Å². The molecule has 0 aliphatic carbocycles. The number of fused-ring (bicyclic) bond motifs is 7. The standard InChI is InChI=1S/C50H31N3O2/c1-2-8-36-31-37(16-15-32(36)7-1)33-17-23-38(24-18-33)53(39-25-19-34(20-26-39)41-9-3-11-43-44-13-5-30-52-50(44)55-48(41)43)40-27-21-35(22-28-40)42-10-4-12-45-47-46(54-49(42)45)14-6-29-51-47/h1-31H. The molecule has 11 rings (SSSR count). The largest absolute Gasteiger partial charge is 0.454 e. The predicted octanol–water partition coefficient (Wildman–Crippen LogP) is 13.9. The van der Waals surface area contributed by atoms with Crippen LogP contribution in [0.3, 0.4) is 0 Å². The van der Waals surface area contributed by atoms with Crippen LogP contribution in [0, 0.1) is 0 Å². The van der Waals surface area contributed by atoms with E-state index in [9.17, 15) is 0 Å². The molecule has 0 amide bonds. The van der Waals surface area contributed by atoms with Crippen LogP contribution >= 0.6 is 0 Å². The molecule has 7 aromatic carbocycles. The molecule has 0 unspecified atom stereocenters. The van der Waals surface area contributed by atoms with Crippen LogP contribution in [-0.4, -0.2) is 9.97 Å². The Hall–Kier alpha value is -7.50. The number of para-hydroxylation sites is 2. The second kappa shape index (κ2) is 12.6. The molecule has 4 heterocycles. The van der Waals surface area contributed by atoms with Crippen LogP contribution in [0.4, 0.5) is 17.1 Å². The maximum Gasteiger partial charge on any atom is 0.227 e. The van der Waals surface area contributed by atoms with E-state index in [1.165, 1.54) is 21.9 Å². The third kappa shape index (κ3) is 5.24. The first kappa shape index (κ1) is 31.1. The molecule has 0 fully saturated rings. The zero-order valence-corrected chi connectivity index (χ0v) is 29.6. The van der Waals surface area contributed by atoms with Crippen LogP contribution in [0.15, 0.2) is 197 Å². The van der Waals surface area contributed by atoms with Gasteiger partial charge in [-0.05, 0) is 106 Å². The molecular weight excluding hydrogens is 675 g/mol. The fourth-order valence-electron chi connectivity index (χ4n) is 7.91. The van der Waals surface area contributed by atoms with Crippen molar-refractivity contribution in [2.75, 3.05) is 4.90 Å². The van der Waals surface area contributed by atoms with E-state index < -0.39 is 0 Å². The summed E-state index contributed by atoms with van der Waals surface area (Å²) in [6, 6.07) is 61.8. The molecule has 0 bridgehead atoms. The van der Waals surface area contributed by atoms with Gasteiger partial charge >= 0.3 is 0 Å². The summed E-state index contributed by atoms with van der Waals surface area (Å²) in [6.07, 6.45) is 3.58. The molecule has 0 radical (unpaired) electrons. The Bertz CT molecular complexity index is 3040. The number of benzene rings is 7. The van der Waals surface area contributed by atoms with Gasteiger partial charge in [-0.25, -0.2) is 4.98 Å². The van der Waals surface area contributed by atoms with E-state index >= 15 is 0 Å². The van der Waals surface area contributed by atoms with Gasteiger partial charge in [0.15, 0.2) is 5.58 Å². The summed E-state index contributed by atoms with van der Waals surface area (Å²) in [6.45, 7) is 0. The van der Waals surface area contributed by atoms with E-state index in [1.807, 2.05) is 24.4 Å². The van der Waals surface area contributed by atoms with Crippen molar-refractivity contribution < 1.29 is 8.83 Å². The first-order valence-corrected chi connectivity index (χ1v) is 18.4. The van der Waals surface area contributed by atoms with Gasteiger partial charge in [-0.3, -0.25) is 4.98 Å². The number of anilines is 3. The summed E-state index contributed by atoms with van der Waals surface area (Å²) in [5.74, 6) is 0. The van der Waals surface area contributed by atoms with Crippen molar-refractivity contribution in [3.05, 3.63) is 188 Å². The lowest BCUT2D eigenvalue weighted by Crippen LogP contribution is -2.09. The van der Waals surface area contributed by atoms with E-state index in [-0.39, 0.29) is 0 Å². The van der Waals surface area contributed by atoms with E-state index in [4.69, 9.17) is 8.83 Å². The van der Waals surface area contributed by atoms with E-state index in [2.05, 4.69) is 173 Å².